The minimum absolute atomic E-state index is 0.00990. The first-order chi connectivity index (χ1) is 8.32. The average Bonchev–Trinajstić information content (AvgIpc) is 2.53. The molecule has 0 saturated carbocycles. The summed E-state index contributed by atoms with van der Waals surface area (Å²) in [6.07, 6.45) is -2.19. The lowest BCUT2D eigenvalue weighted by Crippen LogP contribution is -2.37. The summed E-state index contributed by atoms with van der Waals surface area (Å²) in [7, 11) is 0. The fourth-order valence-electron chi connectivity index (χ4n) is 2.17. The third kappa shape index (κ3) is 4.18. The lowest BCUT2D eigenvalue weighted by atomic mass is 10.0. The zero-order valence-electron chi connectivity index (χ0n) is 12.4. The van der Waals surface area contributed by atoms with Crippen LogP contribution >= 0.6 is 0 Å². The molecule has 0 aromatic rings. The minimum Gasteiger partial charge on any atom is -0.376 e. The number of alkyl halides is 1. The molecule has 0 N–H and O–H groups in total. The van der Waals surface area contributed by atoms with Crippen molar-refractivity contribution in [3.05, 3.63) is 0 Å². The Morgan fingerprint density at radius 2 is 1.67 bits per heavy atom. The van der Waals surface area contributed by atoms with Gasteiger partial charge in [0.25, 0.3) is 0 Å². The van der Waals surface area contributed by atoms with Gasteiger partial charge in [-0.3, -0.25) is 0 Å². The standard InChI is InChI=1S/C14H27FO3/c1-8(2)13-12(15)14(17-10(5)6)11(18-13)7-16-9(3)4/h8-14H,7H2,1-6H3/t11-,12-,13?,14-/m1/s1. The number of ether oxygens (including phenoxy) is 3. The van der Waals surface area contributed by atoms with Gasteiger partial charge >= 0.3 is 0 Å². The molecule has 0 amide bonds. The maximum absolute atomic E-state index is 14.3. The van der Waals surface area contributed by atoms with E-state index in [0.29, 0.717) is 6.61 Å². The van der Waals surface area contributed by atoms with Crippen LogP contribution in [0, 0.1) is 5.92 Å². The van der Waals surface area contributed by atoms with E-state index in [9.17, 15) is 4.39 Å². The van der Waals surface area contributed by atoms with E-state index in [1.165, 1.54) is 0 Å². The summed E-state index contributed by atoms with van der Waals surface area (Å²) in [6, 6.07) is 0. The average molecular weight is 262 g/mol. The number of halogens is 1. The highest BCUT2D eigenvalue weighted by Gasteiger charge is 2.47. The van der Waals surface area contributed by atoms with Crippen LogP contribution in [0.5, 0.6) is 0 Å². The van der Waals surface area contributed by atoms with E-state index >= 15 is 0 Å². The molecule has 4 atom stereocenters. The van der Waals surface area contributed by atoms with Crippen molar-refractivity contribution in [1.82, 2.24) is 0 Å². The van der Waals surface area contributed by atoms with Crippen molar-refractivity contribution in [3.63, 3.8) is 0 Å². The molecule has 0 aromatic carbocycles. The Morgan fingerprint density at radius 3 is 2.11 bits per heavy atom. The van der Waals surface area contributed by atoms with Crippen molar-refractivity contribution in [2.75, 3.05) is 6.61 Å². The summed E-state index contributed by atoms with van der Waals surface area (Å²) in [5.74, 6) is 0.141. The van der Waals surface area contributed by atoms with Crippen molar-refractivity contribution in [2.24, 2.45) is 5.92 Å². The largest absolute Gasteiger partial charge is 0.376 e. The maximum atomic E-state index is 14.3. The van der Waals surface area contributed by atoms with Gasteiger partial charge in [0.15, 0.2) is 6.17 Å². The van der Waals surface area contributed by atoms with Gasteiger partial charge in [-0.15, -0.1) is 0 Å². The van der Waals surface area contributed by atoms with E-state index < -0.39 is 18.4 Å². The summed E-state index contributed by atoms with van der Waals surface area (Å²) in [5.41, 5.74) is 0. The van der Waals surface area contributed by atoms with Crippen molar-refractivity contribution in [2.45, 2.75) is 78.2 Å². The van der Waals surface area contributed by atoms with E-state index in [0.717, 1.165) is 0 Å². The van der Waals surface area contributed by atoms with E-state index in [-0.39, 0.29) is 24.2 Å². The minimum atomic E-state index is -1.08. The normalized spacial score (nSPS) is 33.0. The molecular formula is C14H27FO3. The van der Waals surface area contributed by atoms with Crippen LogP contribution in [0.1, 0.15) is 41.5 Å². The van der Waals surface area contributed by atoms with Crippen LogP contribution in [0.2, 0.25) is 0 Å². The van der Waals surface area contributed by atoms with Gasteiger partial charge < -0.3 is 14.2 Å². The SMILES string of the molecule is CC(C)OC[C@H]1OC(C(C)C)[C@@H](F)[C@@H]1OC(C)C. The molecule has 3 nitrogen and oxygen atoms in total. The summed E-state index contributed by atoms with van der Waals surface area (Å²) < 4.78 is 31.3. The van der Waals surface area contributed by atoms with Gasteiger partial charge in [-0.25, -0.2) is 4.39 Å². The first kappa shape index (κ1) is 15.9. The highest BCUT2D eigenvalue weighted by molar-refractivity contribution is 4.93. The van der Waals surface area contributed by atoms with Gasteiger partial charge in [0.05, 0.1) is 24.9 Å². The van der Waals surface area contributed by atoms with E-state index in [1.807, 2.05) is 41.5 Å². The number of hydrogen-bond acceptors (Lipinski definition) is 3. The predicted octanol–water partition coefficient (Wildman–Crippen LogP) is 2.97. The van der Waals surface area contributed by atoms with Crippen LogP contribution in [0.25, 0.3) is 0 Å². The summed E-state index contributed by atoms with van der Waals surface area (Å²) >= 11 is 0. The Labute approximate surface area is 110 Å². The highest BCUT2D eigenvalue weighted by Crippen LogP contribution is 2.32. The lowest BCUT2D eigenvalue weighted by Gasteiger charge is -2.23. The molecule has 0 spiro atoms. The fraction of sp³-hybridized carbons (Fsp3) is 1.00. The zero-order valence-corrected chi connectivity index (χ0v) is 12.4. The van der Waals surface area contributed by atoms with E-state index in [4.69, 9.17) is 14.2 Å². The molecule has 1 saturated heterocycles. The molecular weight excluding hydrogens is 235 g/mol. The second kappa shape index (κ2) is 6.83. The molecule has 0 aliphatic carbocycles. The third-order valence-corrected chi connectivity index (χ3v) is 3.01. The summed E-state index contributed by atoms with van der Waals surface area (Å²) in [5, 5.41) is 0. The molecule has 0 bridgehead atoms. The zero-order chi connectivity index (χ0) is 13.9. The Balaban J connectivity index is 2.66. The Morgan fingerprint density at radius 1 is 1.06 bits per heavy atom. The highest BCUT2D eigenvalue weighted by atomic mass is 19.1. The molecule has 4 heteroatoms. The van der Waals surface area contributed by atoms with Crippen LogP contribution < -0.4 is 0 Å². The van der Waals surface area contributed by atoms with Crippen molar-refractivity contribution >= 4 is 0 Å². The Bertz CT molecular complexity index is 243. The lowest BCUT2D eigenvalue weighted by molar-refractivity contribution is -0.0928. The molecule has 18 heavy (non-hydrogen) atoms. The van der Waals surface area contributed by atoms with Gasteiger partial charge in [0, 0.05) is 0 Å². The topological polar surface area (TPSA) is 27.7 Å². The van der Waals surface area contributed by atoms with Crippen molar-refractivity contribution in [1.29, 1.82) is 0 Å². The monoisotopic (exact) mass is 262 g/mol. The summed E-state index contributed by atoms with van der Waals surface area (Å²) in [6.45, 7) is 12.1. The molecule has 1 rings (SSSR count). The van der Waals surface area contributed by atoms with E-state index in [1.54, 1.807) is 0 Å². The maximum Gasteiger partial charge on any atom is 0.155 e. The molecule has 1 fully saturated rings. The number of rotatable bonds is 6. The van der Waals surface area contributed by atoms with Crippen LogP contribution in [0.3, 0.4) is 0 Å². The first-order valence-electron chi connectivity index (χ1n) is 6.89. The molecule has 1 aliphatic rings. The quantitative estimate of drug-likeness (QED) is 0.736. The first-order valence-corrected chi connectivity index (χ1v) is 6.89. The molecule has 1 unspecified atom stereocenters. The van der Waals surface area contributed by atoms with Crippen LogP contribution in [-0.2, 0) is 14.2 Å². The van der Waals surface area contributed by atoms with Gasteiger partial charge in [0.2, 0.25) is 0 Å². The second-order valence-electron chi connectivity index (χ2n) is 5.86. The van der Waals surface area contributed by atoms with Crippen LogP contribution in [-0.4, -0.2) is 43.3 Å². The van der Waals surface area contributed by atoms with Crippen molar-refractivity contribution < 1.29 is 18.6 Å². The van der Waals surface area contributed by atoms with Gasteiger partial charge in [-0.2, -0.15) is 0 Å². The van der Waals surface area contributed by atoms with Gasteiger partial charge in [0.1, 0.15) is 12.2 Å². The Hall–Kier alpha value is -0.190. The third-order valence-electron chi connectivity index (χ3n) is 3.01. The molecule has 0 radical (unpaired) electrons. The molecule has 1 heterocycles. The molecule has 1 aliphatic heterocycles. The summed E-state index contributed by atoms with van der Waals surface area (Å²) in [4.78, 5) is 0. The number of hydrogen-bond donors (Lipinski definition) is 0. The van der Waals surface area contributed by atoms with Gasteiger partial charge in [-0.05, 0) is 33.6 Å². The van der Waals surface area contributed by atoms with Crippen LogP contribution in [0.4, 0.5) is 4.39 Å². The van der Waals surface area contributed by atoms with Crippen molar-refractivity contribution in [3.8, 4) is 0 Å². The molecule has 0 aromatic heterocycles. The smallest absolute Gasteiger partial charge is 0.155 e. The second-order valence-corrected chi connectivity index (χ2v) is 5.86. The fourth-order valence-corrected chi connectivity index (χ4v) is 2.17. The predicted molar refractivity (Wildman–Crippen MR) is 69.5 cm³/mol. The van der Waals surface area contributed by atoms with E-state index in [2.05, 4.69) is 0 Å². The van der Waals surface area contributed by atoms with Gasteiger partial charge in [-0.1, -0.05) is 13.8 Å². The Kier molecular flexibility index (Phi) is 6.02. The molecule has 108 valence electrons. The van der Waals surface area contributed by atoms with Crippen LogP contribution in [0.15, 0.2) is 0 Å².